The first-order valence-electron chi connectivity index (χ1n) is 9.68. The molecule has 0 atom stereocenters. The topological polar surface area (TPSA) is 53.5 Å². The molecule has 27 heavy (non-hydrogen) atoms. The number of rotatable bonds is 5. The third kappa shape index (κ3) is 4.54. The molecule has 1 saturated heterocycles. The second-order valence-corrected chi connectivity index (χ2v) is 7.08. The van der Waals surface area contributed by atoms with Gasteiger partial charge in [0.15, 0.2) is 0 Å². The summed E-state index contributed by atoms with van der Waals surface area (Å²) in [6, 6.07) is 13.3. The summed E-state index contributed by atoms with van der Waals surface area (Å²) >= 11 is 0. The van der Waals surface area contributed by atoms with Crippen molar-refractivity contribution in [3.8, 4) is 0 Å². The molecule has 1 fully saturated rings. The van der Waals surface area contributed by atoms with Crippen LogP contribution in [0.1, 0.15) is 52.6 Å². The van der Waals surface area contributed by atoms with E-state index in [4.69, 9.17) is 0 Å². The van der Waals surface area contributed by atoms with Crippen molar-refractivity contribution in [2.24, 2.45) is 0 Å². The molecule has 0 saturated carbocycles. The van der Waals surface area contributed by atoms with E-state index in [1.54, 1.807) is 6.20 Å². The van der Waals surface area contributed by atoms with E-state index in [9.17, 15) is 9.59 Å². The van der Waals surface area contributed by atoms with Crippen LogP contribution in [-0.4, -0.2) is 52.3 Å². The number of piperidine rings is 1. The van der Waals surface area contributed by atoms with Crippen LogP contribution in [0.15, 0.2) is 48.7 Å². The minimum Gasteiger partial charge on any atom is -0.338 e. The van der Waals surface area contributed by atoms with Gasteiger partial charge in [0.2, 0.25) is 0 Å². The number of aryl methyl sites for hydroxylation is 1. The van der Waals surface area contributed by atoms with Crippen LogP contribution >= 0.6 is 0 Å². The Labute approximate surface area is 161 Å². The first kappa shape index (κ1) is 19.1. The highest BCUT2D eigenvalue weighted by atomic mass is 16.2. The molecule has 2 amide bonds. The molecule has 0 radical (unpaired) electrons. The van der Waals surface area contributed by atoms with Gasteiger partial charge in [-0.05, 0) is 50.5 Å². The van der Waals surface area contributed by atoms with Gasteiger partial charge in [0.25, 0.3) is 11.8 Å². The molecule has 1 aliphatic heterocycles. The van der Waals surface area contributed by atoms with Gasteiger partial charge in [0.1, 0.15) is 0 Å². The standard InChI is InChI=1S/C22H27N3O2/c1-3-13-25(22(27)19-10-9-17(2)23-16-19)20-11-14-24(15-12-20)21(26)18-7-5-4-6-8-18/h4-10,16,20H,3,11-15H2,1-2H3. The average molecular weight is 365 g/mol. The summed E-state index contributed by atoms with van der Waals surface area (Å²) in [5, 5.41) is 0. The van der Waals surface area contributed by atoms with Crippen LogP contribution < -0.4 is 0 Å². The molecule has 0 spiro atoms. The molecular formula is C22H27N3O2. The number of carbonyl (C=O) groups excluding carboxylic acids is 2. The van der Waals surface area contributed by atoms with Gasteiger partial charge in [-0.2, -0.15) is 0 Å². The van der Waals surface area contributed by atoms with E-state index in [-0.39, 0.29) is 17.9 Å². The molecule has 0 bridgehead atoms. The molecule has 0 aliphatic carbocycles. The first-order chi connectivity index (χ1) is 13.1. The molecule has 1 aromatic heterocycles. The van der Waals surface area contributed by atoms with Gasteiger partial charge in [-0.25, -0.2) is 0 Å². The van der Waals surface area contributed by atoms with Crippen molar-refractivity contribution >= 4 is 11.8 Å². The minimum absolute atomic E-state index is 0.0391. The number of aromatic nitrogens is 1. The molecule has 2 heterocycles. The van der Waals surface area contributed by atoms with Crippen molar-refractivity contribution in [1.29, 1.82) is 0 Å². The number of hydrogen-bond acceptors (Lipinski definition) is 3. The fourth-order valence-electron chi connectivity index (χ4n) is 3.59. The van der Waals surface area contributed by atoms with Crippen LogP contribution in [0.4, 0.5) is 0 Å². The second kappa shape index (κ2) is 8.80. The molecule has 1 aromatic carbocycles. The van der Waals surface area contributed by atoms with E-state index in [2.05, 4.69) is 11.9 Å². The Morgan fingerprint density at radius 2 is 1.78 bits per heavy atom. The number of hydrogen-bond donors (Lipinski definition) is 0. The van der Waals surface area contributed by atoms with Crippen LogP contribution in [0.2, 0.25) is 0 Å². The maximum atomic E-state index is 13.0. The zero-order chi connectivity index (χ0) is 19.2. The van der Waals surface area contributed by atoms with Crippen LogP contribution in [0.5, 0.6) is 0 Å². The lowest BCUT2D eigenvalue weighted by Crippen LogP contribution is -2.49. The zero-order valence-electron chi connectivity index (χ0n) is 16.1. The smallest absolute Gasteiger partial charge is 0.255 e. The number of amides is 2. The highest BCUT2D eigenvalue weighted by Gasteiger charge is 2.30. The van der Waals surface area contributed by atoms with Crippen molar-refractivity contribution in [3.05, 3.63) is 65.5 Å². The number of benzene rings is 1. The van der Waals surface area contributed by atoms with Crippen molar-refractivity contribution in [1.82, 2.24) is 14.8 Å². The second-order valence-electron chi connectivity index (χ2n) is 7.08. The Hall–Kier alpha value is -2.69. The fraction of sp³-hybridized carbons (Fsp3) is 0.409. The Morgan fingerprint density at radius 1 is 1.07 bits per heavy atom. The lowest BCUT2D eigenvalue weighted by Gasteiger charge is -2.38. The quantitative estimate of drug-likeness (QED) is 0.814. The number of nitrogens with zero attached hydrogens (tertiary/aromatic N) is 3. The lowest BCUT2D eigenvalue weighted by atomic mass is 10.0. The number of carbonyl (C=O) groups is 2. The molecule has 5 heteroatoms. The number of likely N-dealkylation sites (tertiary alicyclic amines) is 1. The lowest BCUT2D eigenvalue weighted by molar-refractivity contribution is 0.0519. The molecule has 5 nitrogen and oxygen atoms in total. The van der Waals surface area contributed by atoms with E-state index in [1.807, 2.05) is 59.2 Å². The van der Waals surface area contributed by atoms with E-state index >= 15 is 0 Å². The van der Waals surface area contributed by atoms with Gasteiger partial charge in [-0.1, -0.05) is 25.1 Å². The highest BCUT2D eigenvalue weighted by Crippen LogP contribution is 2.21. The average Bonchev–Trinajstić information content (AvgIpc) is 2.72. The van der Waals surface area contributed by atoms with E-state index < -0.39 is 0 Å². The first-order valence-corrected chi connectivity index (χ1v) is 9.68. The molecule has 1 aliphatic rings. The zero-order valence-corrected chi connectivity index (χ0v) is 16.1. The summed E-state index contributed by atoms with van der Waals surface area (Å²) < 4.78 is 0. The van der Waals surface area contributed by atoms with Gasteiger partial charge in [-0.15, -0.1) is 0 Å². The fourth-order valence-corrected chi connectivity index (χ4v) is 3.59. The minimum atomic E-state index is 0.0391. The van der Waals surface area contributed by atoms with Crippen LogP contribution in [0, 0.1) is 6.92 Å². The number of pyridine rings is 1. The van der Waals surface area contributed by atoms with Crippen LogP contribution in [0.3, 0.4) is 0 Å². The summed E-state index contributed by atoms with van der Waals surface area (Å²) in [5.74, 6) is 0.113. The monoisotopic (exact) mass is 365 g/mol. The predicted octanol–water partition coefficient (Wildman–Crippen LogP) is 3.55. The van der Waals surface area contributed by atoms with Crippen molar-refractivity contribution in [2.45, 2.75) is 39.2 Å². The van der Waals surface area contributed by atoms with E-state index in [1.165, 1.54) is 0 Å². The Morgan fingerprint density at radius 3 is 2.37 bits per heavy atom. The Kier molecular flexibility index (Phi) is 6.22. The summed E-state index contributed by atoms with van der Waals surface area (Å²) in [7, 11) is 0. The van der Waals surface area contributed by atoms with Gasteiger partial charge in [-0.3, -0.25) is 14.6 Å². The van der Waals surface area contributed by atoms with Crippen molar-refractivity contribution in [3.63, 3.8) is 0 Å². The Balaban J connectivity index is 1.65. The third-order valence-electron chi connectivity index (χ3n) is 5.10. The molecule has 2 aromatic rings. The van der Waals surface area contributed by atoms with Crippen molar-refractivity contribution in [2.75, 3.05) is 19.6 Å². The third-order valence-corrected chi connectivity index (χ3v) is 5.10. The molecule has 3 rings (SSSR count). The summed E-state index contributed by atoms with van der Waals surface area (Å²) in [4.78, 5) is 33.7. The SMILES string of the molecule is CCCN(C(=O)c1ccc(C)nc1)C1CCN(C(=O)c2ccccc2)CC1. The van der Waals surface area contributed by atoms with Gasteiger partial charge < -0.3 is 9.80 Å². The highest BCUT2D eigenvalue weighted by molar-refractivity contribution is 5.95. The molecule has 0 unspecified atom stereocenters. The van der Waals surface area contributed by atoms with E-state index in [0.717, 1.165) is 37.1 Å². The maximum absolute atomic E-state index is 13.0. The maximum Gasteiger partial charge on any atom is 0.255 e. The van der Waals surface area contributed by atoms with Crippen LogP contribution in [0.25, 0.3) is 0 Å². The summed E-state index contributed by atoms with van der Waals surface area (Å²) in [6.07, 6.45) is 4.19. The largest absolute Gasteiger partial charge is 0.338 e. The molecular weight excluding hydrogens is 338 g/mol. The van der Waals surface area contributed by atoms with Gasteiger partial charge in [0.05, 0.1) is 5.56 Å². The molecule has 142 valence electrons. The Bertz CT molecular complexity index is 766. The predicted molar refractivity (Wildman–Crippen MR) is 106 cm³/mol. The van der Waals surface area contributed by atoms with Gasteiger partial charge in [0, 0.05) is 43.1 Å². The summed E-state index contributed by atoms with van der Waals surface area (Å²) in [5.41, 5.74) is 2.27. The van der Waals surface area contributed by atoms with Crippen molar-refractivity contribution < 1.29 is 9.59 Å². The normalized spacial score (nSPS) is 14.8. The molecule has 0 N–H and O–H groups in total. The summed E-state index contributed by atoms with van der Waals surface area (Å²) in [6.45, 7) is 6.08. The van der Waals surface area contributed by atoms with Gasteiger partial charge >= 0.3 is 0 Å². The van der Waals surface area contributed by atoms with E-state index in [0.29, 0.717) is 18.7 Å². The van der Waals surface area contributed by atoms with Crippen LogP contribution in [-0.2, 0) is 0 Å².